The van der Waals surface area contributed by atoms with E-state index in [2.05, 4.69) is 36.6 Å². The molecule has 1 fully saturated rings. The molecule has 1 N–H and O–H groups in total. The third kappa shape index (κ3) is 6.13. The number of rotatable bonds is 7. The summed E-state index contributed by atoms with van der Waals surface area (Å²) >= 11 is 0. The Bertz CT molecular complexity index is 482. The number of hydrogen-bond donors (Lipinski definition) is 1. The lowest BCUT2D eigenvalue weighted by molar-refractivity contribution is 0.0438. The Hall–Kier alpha value is -1.10. The average molecular weight is 320 g/mol. The van der Waals surface area contributed by atoms with E-state index < -0.39 is 6.10 Å². The van der Waals surface area contributed by atoms with Crippen LogP contribution in [0.25, 0.3) is 0 Å². The Morgan fingerprint density at radius 3 is 2.22 bits per heavy atom. The van der Waals surface area contributed by atoms with Crippen LogP contribution >= 0.6 is 0 Å². The molecule has 1 atom stereocenters. The van der Waals surface area contributed by atoms with Crippen LogP contribution in [0.3, 0.4) is 0 Å². The van der Waals surface area contributed by atoms with Crippen molar-refractivity contribution in [2.45, 2.75) is 33.8 Å². The summed E-state index contributed by atoms with van der Waals surface area (Å²) in [6.07, 6.45) is -0.438. The van der Waals surface area contributed by atoms with Crippen molar-refractivity contribution < 1.29 is 9.84 Å². The lowest BCUT2D eigenvalue weighted by Crippen LogP contribution is -2.49. The smallest absolute Gasteiger partial charge is 0.122 e. The number of aryl methyl sites for hydroxylation is 2. The van der Waals surface area contributed by atoms with E-state index in [0.717, 1.165) is 43.4 Å². The van der Waals surface area contributed by atoms with Crippen LogP contribution in [0.2, 0.25) is 0 Å². The lowest BCUT2D eigenvalue weighted by atomic mass is 10.1. The summed E-state index contributed by atoms with van der Waals surface area (Å²) in [5.41, 5.74) is 2.36. The molecule has 23 heavy (non-hydrogen) atoms. The maximum absolute atomic E-state index is 10.2. The van der Waals surface area contributed by atoms with Gasteiger partial charge < -0.3 is 14.7 Å². The zero-order valence-electron chi connectivity index (χ0n) is 15.1. The molecule has 0 spiro atoms. The first-order valence-corrected chi connectivity index (χ1v) is 8.77. The lowest BCUT2D eigenvalue weighted by Gasteiger charge is -2.36. The second kappa shape index (κ2) is 8.67. The first-order valence-electron chi connectivity index (χ1n) is 8.77. The van der Waals surface area contributed by atoms with Gasteiger partial charge in [-0.05, 0) is 31.4 Å². The van der Waals surface area contributed by atoms with Gasteiger partial charge in [-0.3, -0.25) is 4.90 Å². The number of aliphatic hydroxyl groups excluding tert-OH is 1. The molecule has 1 aromatic carbocycles. The van der Waals surface area contributed by atoms with Gasteiger partial charge in [-0.15, -0.1) is 0 Å². The van der Waals surface area contributed by atoms with E-state index in [1.165, 1.54) is 12.1 Å². The third-order valence-electron chi connectivity index (χ3n) is 4.32. The van der Waals surface area contributed by atoms with Gasteiger partial charge in [0.25, 0.3) is 0 Å². The molecule has 1 aliphatic heterocycles. The summed E-state index contributed by atoms with van der Waals surface area (Å²) < 4.78 is 5.78. The van der Waals surface area contributed by atoms with Crippen molar-refractivity contribution in [1.82, 2.24) is 9.80 Å². The molecule has 1 unspecified atom stereocenters. The number of hydrogen-bond acceptors (Lipinski definition) is 4. The van der Waals surface area contributed by atoms with Crippen molar-refractivity contribution in [2.24, 2.45) is 5.92 Å². The quantitative estimate of drug-likeness (QED) is 0.836. The van der Waals surface area contributed by atoms with Gasteiger partial charge >= 0.3 is 0 Å². The third-order valence-corrected chi connectivity index (χ3v) is 4.32. The van der Waals surface area contributed by atoms with Crippen LogP contribution < -0.4 is 4.74 Å². The minimum Gasteiger partial charge on any atom is -0.491 e. The second-order valence-electron chi connectivity index (χ2n) is 7.23. The maximum atomic E-state index is 10.2. The number of nitrogens with zero attached hydrogens (tertiary/aromatic N) is 2. The van der Waals surface area contributed by atoms with Gasteiger partial charge in [0.1, 0.15) is 18.5 Å². The summed E-state index contributed by atoms with van der Waals surface area (Å²) in [4.78, 5) is 4.85. The molecule has 4 heteroatoms. The summed E-state index contributed by atoms with van der Waals surface area (Å²) in [6.45, 7) is 15.1. The van der Waals surface area contributed by atoms with Gasteiger partial charge in [-0.1, -0.05) is 31.5 Å². The number of aliphatic hydroxyl groups is 1. The molecule has 2 rings (SSSR count). The molecule has 0 aliphatic carbocycles. The van der Waals surface area contributed by atoms with Gasteiger partial charge in [0.2, 0.25) is 0 Å². The zero-order valence-corrected chi connectivity index (χ0v) is 15.1. The Morgan fingerprint density at radius 1 is 1.04 bits per heavy atom. The fourth-order valence-electron chi connectivity index (χ4n) is 3.17. The van der Waals surface area contributed by atoms with Gasteiger partial charge in [-0.25, -0.2) is 0 Å². The van der Waals surface area contributed by atoms with Crippen molar-refractivity contribution in [2.75, 3.05) is 45.9 Å². The van der Waals surface area contributed by atoms with Crippen molar-refractivity contribution in [3.8, 4) is 5.75 Å². The van der Waals surface area contributed by atoms with E-state index in [4.69, 9.17) is 4.74 Å². The minimum absolute atomic E-state index is 0.357. The Balaban J connectivity index is 1.70. The normalized spacial score (nSPS) is 18.3. The van der Waals surface area contributed by atoms with Crippen molar-refractivity contribution in [3.63, 3.8) is 0 Å². The molecular formula is C19H32N2O2. The molecule has 130 valence electrons. The number of piperazine rings is 1. The highest BCUT2D eigenvalue weighted by atomic mass is 16.5. The summed E-state index contributed by atoms with van der Waals surface area (Å²) in [6, 6.07) is 6.14. The monoisotopic (exact) mass is 320 g/mol. The van der Waals surface area contributed by atoms with Crippen LogP contribution in [0, 0.1) is 19.8 Å². The van der Waals surface area contributed by atoms with Crippen LogP contribution in [0.1, 0.15) is 25.0 Å². The molecule has 0 aromatic heterocycles. The summed E-state index contributed by atoms with van der Waals surface area (Å²) in [7, 11) is 0. The standard InChI is InChI=1S/C19H32N2O2/c1-15(2)12-20-7-9-21(10-8-20)13-18(22)14-23-19-6-5-16(3)11-17(19)4/h5-6,11,15,18,22H,7-10,12-14H2,1-4H3. The van der Waals surface area contributed by atoms with E-state index in [9.17, 15) is 5.11 Å². The first kappa shape index (κ1) is 18.2. The summed E-state index contributed by atoms with van der Waals surface area (Å²) in [5.74, 6) is 1.59. The Labute approximate surface area is 141 Å². The van der Waals surface area contributed by atoms with Gasteiger partial charge in [0.15, 0.2) is 0 Å². The van der Waals surface area contributed by atoms with Crippen molar-refractivity contribution >= 4 is 0 Å². The van der Waals surface area contributed by atoms with Gasteiger partial charge in [-0.2, -0.15) is 0 Å². The van der Waals surface area contributed by atoms with E-state index >= 15 is 0 Å². The van der Waals surface area contributed by atoms with Crippen LogP contribution in [0.15, 0.2) is 18.2 Å². The molecule has 1 saturated heterocycles. The fourth-order valence-corrected chi connectivity index (χ4v) is 3.17. The topological polar surface area (TPSA) is 35.9 Å². The predicted octanol–water partition coefficient (Wildman–Crippen LogP) is 2.32. The minimum atomic E-state index is -0.438. The Kier molecular flexibility index (Phi) is 6.88. The molecule has 0 bridgehead atoms. The highest BCUT2D eigenvalue weighted by molar-refractivity contribution is 5.35. The van der Waals surface area contributed by atoms with Crippen LogP contribution in [0.5, 0.6) is 5.75 Å². The molecule has 1 aromatic rings. The van der Waals surface area contributed by atoms with Gasteiger partial charge in [0, 0.05) is 39.3 Å². The second-order valence-corrected chi connectivity index (χ2v) is 7.23. The fraction of sp³-hybridized carbons (Fsp3) is 0.684. The van der Waals surface area contributed by atoms with E-state index in [0.29, 0.717) is 13.2 Å². The molecule has 1 heterocycles. The first-order chi connectivity index (χ1) is 10.9. The maximum Gasteiger partial charge on any atom is 0.122 e. The van der Waals surface area contributed by atoms with E-state index in [1.54, 1.807) is 0 Å². The highest BCUT2D eigenvalue weighted by Crippen LogP contribution is 2.19. The largest absolute Gasteiger partial charge is 0.491 e. The molecule has 4 nitrogen and oxygen atoms in total. The van der Waals surface area contributed by atoms with E-state index in [-0.39, 0.29) is 0 Å². The molecule has 0 amide bonds. The van der Waals surface area contributed by atoms with Crippen molar-refractivity contribution in [1.29, 1.82) is 0 Å². The van der Waals surface area contributed by atoms with Crippen LogP contribution in [-0.4, -0.2) is 66.9 Å². The molecule has 1 aliphatic rings. The highest BCUT2D eigenvalue weighted by Gasteiger charge is 2.20. The summed E-state index contributed by atoms with van der Waals surface area (Å²) in [5, 5.41) is 10.2. The van der Waals surface area contributed by atoms with Crippen molar-refractivity contribution in [3.05, 3.63) is 29.3 Å². The predicted molar refractivity (Wildman–Crippen MR) is 95.1 cm³/mol. The molecule has 0 radical (unpaired) electrons. The van der Waals surface area contributed by atoms with Crippen LogP contribution in [0.4, 0.5) is 0 Å². The van der Waals surface area contributed by atoms with Gasteiger partial charge in [0.05, 0.1) is 0 Å². The number of β-amino-alcohol motifs (C(OH)–C–C–N with tert-alkyl or cyclic N) is 1. The SMILES string of the molecule is Cc1ccc(OCC(O)CN2CCN(CC(C)C)CC2)c(C)c1. The average Bonchev–Trinajstić information content (AvgIpc) is 2.48. The number of benzene rings is 1. The number of ether oxygens (including phenoxy) is 1. The van der Waals surface area contributed by atoms with Crippen LogP contribution in [-0.2, 0) is 0 Å². The zero-order chi connectivity index (χ0) is 16.8. The Morgan fingerprint density at radius 2 is 1.65 bits per heavy atom. The molecule has 0 saturated carbocycles. The van der Waals surface area contributed by atoms with E-state index in [1.807, 2.05) is 19.1 Å². The molecular weight excluding hydrogens is 288 g/mol.